The molecule has 1 heterocycles. The van der Waals surface area contributed by atoms with Crippen molar-refractivity contribution in [2.45, 2.75) is 32.7 Å². The zero-order valence-electron chi connectivity index (χ0n) is 8.32. The first-order valence-electron chi connectivity index (χ1n) is 4.66. The lowest BCUT2D eigenvalue weighted by Crippen LogP contribution is -2.42. The second kappa shape index (κ2) is 4.17. The van der Waals surface area contributed by atoms with Crippen molar-refractivity contribution in [2.24, 2.45) is 0 Å². The van der Waals surface area contributed by atoms with Gasteiger partial charge in [-0.3, -0.25) is 19.3 Å². The van der Waals surface area contributed by atoms with Gasteiger partial charge in [0.2, 0.25) is 0 Å². The summed E-state index contributed by atoms with van der Waals surface area (Å²) in [6.45, 7) is 3.47. The van der Waals surface area contributed by atoms with E-state index in [4.69, 9.17) is 0 Å². The number of ketones is 1. The highest BCUT2D eigenvalue weighted by atomic mass is 16.2. The third-order valence-corrected chi connectivity index (χ3v) is 2.19. The summed E-state index contributed by atoms with van der Waals surface area (Å²) in [7, 11) is 0. The van der Waals surface area contributed by atoms with Crippen molar-refractivity contribution in [3.8, 4) is 0 Å². The third kappa shape index (κ3) is 1.89. The van der Waals surface area contributed by atoms with Crippen molar-refractivity contribution >= 4 is 17.6 Å². The van der Waals surface area contributed by atoms with Crippen LogP contribution in [0.5, 0.6) is 0 Å². The van der Waals surface area contributed by atoms with Crippen LogP contribution < -0.4 is 0 Å². The first kappa shape index (κ1) is 10.6. The Balaban J connectivity index is 2.70. The summed E-state index contributed by atoms with van der Waals surface area (Å²) < 4.78 is 0. The maximum Gasteiger partial charge on any atom is 0.254 e. The Kier molecular flexibility index (Phi) is 3.17. The molecule has 0 aliphatic carbocycles. The SMILES string of the molecule is CCCC(=O)C(C)N1C(=O)C=CC1=O. The van der Waals surface area contributed by atoms with Gasteiger partial charge in [0.25, 0.3) is 11.8 Å². The number of carbonyl (C=O) groups is 3. The average Bonchev–Trinajstić information content (AvgIpc) is 2.46. The third-order valence-electron chi connectivity index (χ3n) is 2.19. The maximum absolute atomic E-state index is 11.4. The van der Waals surface area contributed by atoms with Gasteiger partial charge < -0.3 is 0 Å². The fraction of sp³-hybridized carbons (Fsp3) is 0.500. The number of hydrogen-bond donors (Lipinski definition) is 0. The molecule has 0 aromatic heterocycles. The number of nitrogens with zero attached hydrogens (tertiary/aromatic N) is 1. The molecule has 4 heteroatoms. The van der Waals surface area contributed by atoms with Crippen LogP contribution in [-0.2, 0) is 14.4 Å². The number of Topliss-reactive ketones (excluding diaryl/α,β-unsaturated/α-hetero) is 1. The lowest BCUT2D eigenvalue weighted by molar-refractivity contribution is -0.144. The summed E-state index contributed by atoms with van der Waals surface area (Å²) in [5.41, 5.74) is 0. The van der Waals surface area contributed by atoms with Crippen molar-refractivity contribution in [3.63, 3.8) is 0 Å². The summed E-state index contributed by atoms with van der Waals surface area (Å²) in [4.78, 5) is 34.8. The van der Waals surface area contributed by atoms with E-state index in [0.717, 1.165) is 11.3 Å². The van der Waals surface area contributed by atoms with Gasteiger partial charge in [-0.25, -0.2) is 0 Å². The zero-order valence-corrected chi connectivity index (χ0v) is 8.32. The van der Waals surface area contributed by atoms with Gasteiger partial charge in [0.05, 0.1) is 6.04 Å². The molecule has 0 aromatic carbocycles. The Bertz CT molecular complexity index is 288. The van der Waals surface area contributed by atoms with E-state index in [1.165, 1.54) is 12.2 Å². The monoisotopic (exact) mass is 195 g/mol. The smallest absolute Gasteiger partial charge is 0.254 e. The van der Waals surface area contributed by atoms with Crippen LogP contribution in [-0.4, -0.2) is 28.5 Å². The van der Waals surface area contributed by atoms with Gasteiger partial charge in [-0.05, 0) is 13.3 Å². The molecule has 76 valence electrons. The summed E-state index contributed by atoms with van der Waals surface area (Å²) in [5.74, 6) is -0.864. The van der Waals surface area contributed by atoms with Crippen LogP contribution in [0.3, 0.4) is 0 Å². The Morgan fingerprint density at radius 2 is 1.86 bits per heavy atom. The molecule has 0 fully saturated rings. The van der Waals surface area contributed by atoms with Crippen LogP contribution in [0.2, 0.25) is 0 Å². The molecule has 1 unspecified atom stereocenters. The van der Waals surface area contributed by atoms with Crippen LogP contribution in [0.15, 0.2) is 12.2 Å². The highest BCUT2D eigenvalue weighted by Gasteiger charge is 2.31. The highest BCUT2D eigenvalue weighted by Crippen LogP contribution is 2.11. The lowest BCUT2D eigenvalue weighted by atomic mass is 10.1. The van der Waals surface area contributed by atoms with Gasteiger partial charge in [0, 0.05) is 18.6 Å². The van der Waals surface area contributed by atoms with Crippen molar-refractivity contribution in [3.05, 3.63) is 12.2 Å². The minimum Gasteiger partial charge on any atom is -0.297 e. The summed E-state index contributed by atoms with van der Waals surface area (Å²) >= 11 is 0. The van der Waals surface area contributed by atoms with E-state index in [1.807, 2.05) is 6.92 Å². The predicted octanol–water partition coefficient (Wildman–Crippen LogP) is 0.669. The van der Waals surface area contributed by atoms with E-state index < -0.39 is 17.9 Å². The number of imide groups is 1. The molecule has 0 aromatic rings. The molecule has 0 saturated heterocycles. The van der Waals surface area contributed by atoms with Crippen LogP contribution in [0.4, 0.5) is 0 Å². The van der Waals surface area contributed by atoms with Crippen LogP contribution >= 0.6 is 0 Å². The summed E-state index contributed by atoms with van der Waals surface area (Å²) in [6, 6.07) is -0.634. The molecule has 1 atom stereocenters. The average molecular weight is 195 g/mol. The van der Waals surface area contributed by atoms with Gasteiger partial charge in [-0.1, -0.05) is 6.92 Å². The molecule has 0 radical (unpaired) electrons. The van der Waals surface area contributed by atoms with E-state index in [1.54, 1.807) is 6.92 Å². The van der Waals surface area contributed by atoms with Gasteiger partial charge >= 0.3 is 0 Å². The van der Waals surface area contributed by atoms with Crippen molar-refractivity contribution in [2.75, 3.05) is 0 Å². The number of carbonyl (C=O) groups excluding carboxylic acids is 3. The maximum atomic E-state index is 11.4. The standard InChI is InChI=1S/C10H13NO3/c1-3-4-8(12)7(2)11-9(13)5-6-10(11)14/h5-7H,3-4H2,1-2H3. The predicted molar refractivity (Wildman–Crippen MR) is 50.4 cm³/mol. The van der Waals surface area contributed by atoms with E-state index in [-0.39, 0.29) is 5.78 Å². The fourth-order valence-electron chi connectivity index (χ4n) is 1.39. The van der Waals surface area contributed by atoms with Gasteiger partial charge in [-0.2, -0.15) is 0 Å². The molecule has 0 N–H and O–H groups in total. The molecular weight excluding hydrogens is 182 g/mol. The number of rotatable bonds is 4. The van der Waals surface area contributed by atoms with E-state index in [2.05, 4.69) is 0 Å². The first-order chi connectivity index (χ1) is 6.57. The minimum atomic E-state index is -0.634. The van der Waals surface area contributed by atoms with Crippen molar-refractivity contribution < 1.29 is 14.4 Å². The first-order valence-corrected chi connectivity index (χ1v) is 4.66. The molecule has 0 spiro atoms. The van der Waals surface area contributed by atoms with Gasteiger partial charge in [0.15, 0.2) is 5.78 Å². The second-order valence-electron chi connectivity index (χ2n) is 3.27. The second-order valence-corrected chi connectivity index (χ2v) is 3.27. The molecular formula is C10H13NO3. The molecule has 0 bridgehead atoms. The topological polar surface area (TPSA) is 54.5 Å². The largest absolute Gasteiger partial charge is 0.297 e. The van der Waals surface area contributed by atoms with Crippen molar-refractivity contribution in [1.82, 2.24) is 4.90 Å². The summed E-state index contributed by atoms with van der Waals surface area (Å²) in [6.07, 6.45) is 3.52. The molecule has 0 saturated carbocycles. The Morgan fingerprint density at radius 3 is 2.29 bits per heavy atom. The number of hydrogen-bond acceptors (Lipinski definition) is 3. The highest BCUT2D eigenvalue weighted by molar-refractivity contribution is 6.15. The fourth-order valence-corrected chi connectivity index (χ4v) is 1.39. The lowest BCUT2D eigenvalue weighted by Gasteiger charge is -2.20. The molecule has 14 heavy (non-hydrogen) atoms. The quantitative estimate of drug-likeness (QED) is 0.619. The number of amides is 2. The van der Waals surface area contributed by atoms with Crippen LogP contribution in [0.1, 0.15) is 26.7 Å². The van der Waals surface area contributed by atoms with E-state index >= 15 is 0 Å². The normalized spacial score (nSPS) is 17.7. The Hall–Kier alpha value is -1.45. The Morgan fingerprint density at radius 1 is 1.36 bits per heavy atom. The van der Waals surface area contributed by atoms with Gasteiger partial charge in [-0.15, -0.1) is 0 Å². The van der Waals surface area contributed by atoms with Crippen LogP contribution in [0, 0.1) is 0 Å². The van der Waals surface area contributed by atoms with Crippen LogP contribution in [0.25, 0.3) is 0 Å². The molecule has 1 aliphatic heterocycles. The minimum absolute atomic E-state index is 0.0714. The summed E-state index contributed by atoms with van der Waals surface area (Å²) in [5, 5.41) is 0. The zero-order chi connectivity index (χ0) is 10.7. The Labute approximate surface area is 82.6 Å². The molecule has 1 rings (SSSR count). The molecule has 1 aliphatic rings. The van der Waals surface area contributed by atoms with Crippen molar-refractivity contribution in [1.29, 1.82) is 0 Å². The molecule has 2 amide bonds. The van der Waals surface area contributed by atoms with E-state index in [9.17, 15) is 14.4 Å². The van der Waals surface area contributed by atoms with E-state index in [0.29, 0.717) is 6.42 Å². The molecule has 4 nitrogen and oxygen atoms in total. The van der Waals surface area contributed by atoms with Gasteiger partial charge in [0.1, 0.15) is 0 Å².